The van der Waals surface area contributed by atoms with Crippen molar-refractivity contribution in [2.45, 2.75) is 20.0 Å². The summed E-state index contributed by atoms with van der Waals surface area (Å²) in [5, 5.41) is 5.97. The maximum atomic E-state index is 13.3. The third kappa shape index (κ3) is 5.89. The molecule has 0 saturated carbocycles. The third-order valence-electron chi connectivity index (χ3n) is 5.74. The summed E-state index contributed by atoms with van der Waals surface area (Å²) < 4.78 is 16.3. The molecule has 9 heteroatoms. The van der Waals surface area contributed by atoms with Gasteiger partial charge < -0.3 is 24.8 Å². The van der Waals surface area contributed by atoms with Gasteiger partial charge in [-0.3, -0.25) is 9.59 Å². The second kappa shape index (κ2) is 11.4. The quantitative estimate of drug-likeness (QED) is 0.316. The molecule has 9 nitrogen and oxygen atoms in total. The predicted octanol–water partition coefficient (Wildman–Crippen LogP) is 5.06. The van der Waals surface area contributed by atoms with Crippen LogP contribution in [0.4, 0.5) is 11.4 Å². The smallest absolute Gasteiger partial charge is 0.339 e. The number of aromatic nitrogens is 1. The van der Waals surface area contributed by atoms with Crippen LogP contribution in [-0.4, -0.2) is 43.1 Å². The Hall–Kier alpha value is -4.92. The molecule has 4 aromatic rings. The highest BCUT2D eigenvalue weighted by molar-refractivity contribution is 6.06. The molecule has 194 valence electrons. The van der Waals surface area contributed by atoms with E-state index >= 15 is 0 Å². The number of para-hydroxylation sites is 1. The fourth-order valence-corrected chi connectivity index (χ4v) is 3.85. The van der Waals surface area contributed by atoms with Crippen LogP contribution in [0.1, 0.15) is 24.2 Å². The van der Waals surface area contributed by atoms with Crippen LogP contribution in [-0.2, 0) is 14.3 Å². The van der Waals surface area contributed by atoms with E-state index in [0.29, 0.717) is 39.5 Å². The van der Waals surface area contributed by atoms with E-state index in [1.807, 2.05) is 12.1 Å². The molecule has 0 bridgehead atoms. The van der Waals surface area contributed by atoms with Crippen LogP contribution < -0.4 is 20.1 Å². The number of benzene rings is 3. The molecule has 0 radical (unpaired) electrons. The van der Waals surface area contributed by atoms with Crippen molar-refractivity contribution in [2.24, 2.45) is 0 Å². The van der Waals surface area contributed by atoms with Crippen LogP contribution in [0.15, 0.2) is 72.8 Å². The van der Waals surface area contributed by atoms with E-state index in [1.54, 1.807) is 74.9 Å². The molecular weight excluding hydrogens is 486 g/mol. The molecule has 2 N–H and O–H groups in total. The Morgan fingerprint density at radius 1 is 0.816 bits per heavy atom. The number of pyridine rings is 1. The largest absolute Gasteiger partial charge is 0.493 e. The van der Waals surface area contributed by atoms with E-state index in [9.17, 15) is 14.4 Å². The van der Waals surface area contributed by atoms with Gasteiger partial charge in [-0.15, -0.1) is 0 Å². The van der Waals surface area contributed by atoms with Gasteiger partial charge >= 0.3 is 5.97 Å². The molecule has 2 amide bonds. The Morgan fingerprint density at radius 2 is 1.47 bits per heavy atom. The number of fused-ring (bicyclic) bond motifs is 1. The van der Waals surface area contributed by atoms with Gasteiger partial charge in [0.05, 0.1) is 31.0 Å². The summed E-state index contributed by atoms with van der Waals surface area (Å²) >= 11 is 0. The van der Waals surface area contributed by atoms with E-state index in [-0.39, 0.29) is 11.5 Å². The SMILES string of the molecule is COc1ccc(-c2cc(C(=O)O[C@H](C)C(=O)Nc3ccc(NC(C)=O)cc3)c3ccccc3n2)cc1OC. The fourth-order valence-electron chi connectivity index (χ4n) is 3.85. The summed E-state index contributed by atoms with van der Waals surface area (Å²) in [7, 11) is 3.10. The lowest BCUT2D eigenvalue weighted by molar-refractivity contribution is -0.123. The zero-order chi connectivity index (χ0) is 27.2. The molecule has 1 aromatic heterocycles. The van der Waals surface area contributed by atoms with E-state index < -0.39 is 18.0 Å². The highest BCUT2D eigenvalue weighted by Crippen LogP contribution is 2.33. The topological polar surface area (TPSA) is 116 Å². The number of methoxy groups -OCH3 is 2. The van der Waals surface area contributed by atoms with Gasteiger partial charge in [0.2, 0.25) is 5.91 Å². The Labute approximate surface area is 219 Å². The van der Waals surface area contributed by atoms with Crippen molar-refractivity contribution < 1.29 is 28.6 Å². The first-order chi connectivity index (χ1) is 18.3. The van der Waals surface area contributed by atoms with E-state index in [2.05, 4.69) is 10.6 Å². The average molecular weight is 514 g/mol. The summed E-state index contributed by atoms with van der Waals surface area (Å²) in [6.45, 7) is 2.91. The van der Waals surface area contributed by atoms with Gasteiger partial charge in [-0.05, 0) is 61.5 Å². The minimum Gasteiger partial charge on any atom is -0.493 e. The summed E-state index contributed by atoms with van der Waals surface area (Å²) in [5.74, 6) is -0.251. The lowest BCUT2D eigenvalue weighted by Crippen LogP contribution is -2.30. The summed E-state index contributed by atoms with van der Waals surface area (Å²) in [5.41, 5.74) is 3.23. The first kappa shape index (κ1) is 26.2. The molecule has 0 aliphatic heterocycles. The summed E-state index contributed by atoms with van der Waals surface area (Å²) in [4.78, 5) is 41.9. The number of ether oxygens (including phenoxy) is 3. The normalized spacial score (nSPS) is 11.4. The van der Waals surface area contributed by atoms with Crippen molar-refractivity contribution in [3.05, 3.63) is 78.4 Å². The third-order valence-corrected chi connectivity index (χ3v) is 5.74. The molecule has 3 aromatic carbocycles. The lowest BCUT2D eigenvalue weighted by Gasteiger charge is -2.16. The van der Waals surface area contributed by atoms with Gasteiger partial charge in [-0.25, -0.2) is 9.78 Å². The Kier molecular flexibility index (Phi) is 7.86. The number of nitrogens with one attached hydrogen (secondary N) is 2. The van der Waals surface area contributed by atoms with Crippen LogP contribution in [0.25, 0.3) is 22.2 Å². The van der Waals surface area contributed by atoms with Crippen molar-refractivity contribution in [3.63, 3.8) is 0 Å². The van der Waals surface area contributed by atoms with Crippen LogP contribution in [0.5, 0.6) is 11.5 Å². The second-order valence-electron chi connectivity index (χ2n) is 8.44. The molecule has 0 unspecified atom stereocenters. The summed E-state index contributed by atoms with van der Waals surface area (Å²) in [6.07, 6.45) is -1.08. The first-order valence-electron chi connectivity index (χ1n) is 11.8. The van der Waals surface area contributed by atoms with Crippen molar-refractivity contribution >= 4 is 40.1 Å². The van der Waals surface area contributed by atoms with Gasteiger partial charge in [-0.2, -0.15) is 0 Å². The molecule has 1 atom stereocenters. The van der Waals surface area contributed by atoms with E-state index in [4.69, 9.17) is 19.2 Å². The maximum Gasteiger partial charge on any atom is 0.339 e. The molecule has 1 heterocycles. The number of esters is 1. The molecule has 4 rings (SSSR count). The highest BCUT2D eigenvalue weighted by atomic mass is 16.5. The average Bonchev–Trinajstić information content (AvgIpc) is 2.92. The monoisotopic (exact) mass is 513 g/mol. The Morgan fingerprint density at radius 3 is 2.13 bits per heavy atom. The van der Waals surface area contributed by atoms with Gasteiger partial charge in [0.1, 0.15) is 0 Å². The van der Waals surface area contributed by atoms with Gasteiger partial charge in [0, 0.05) is 29.2 Å². The lowest BCUT2D eigenvalue weighted by atomic mass is 10.0. The zero-order valence-corrected chi connectivity index (χ0v) is 21.4. The first-order valence-corrected chi connectivity index (χ1v) is 11.8. The molecule has 0 spiro atoms. The summed E-state index contributed by atoms with van der Waals surface area (Å²) in [6, 6.07) is 20.8. The number of amides is 2. The zero-order valence-electron chi connectivity index (χ0n) is 21.4. The second-order valence-corrected chi connectivity index (χ2v) is 8.44. The fraction of sp³-hybridized carbons (Fsp3) is 0.172. The van der Waals surface area contributed by atoms with Crippen molar-refractivity contribution in [3.8, 4) is 22.8 Å². The Bertz CT molecular complexity index is 1500. The van der Waals surface area contributed by atoms with E-state index in [0.717, 1.165) is 5.56 Å². The molecule has 0 aliphatic carbocycles. The minimum absolute atomic E-state index is 0.194. The maximum absolute atomic E-state index is 13.3. The number of carbonyl (C=O) groups is 3. The number of anilines is 2. The van der Waals surface area contributed by atoms with Gasteiger partial charge in [0.25, 0.3) is 5.91 Å². The van der Waals surface area contributed by atoms with E-state index in [1.165, 1.54) is 13.8 Å². The molecule has 0 saturated heterocycles. The Balaban J connectivity index is 1.56. The van der Waals surface area contributed by atoms with Gasteiger partial charge in [0.15, 0.2) is 17.6 Å². The number of carbonyl (C=O) groups excluding carboxylic acids is 3. The van der Waals surface area contributed by atoms with Crippen LogP contribution in [0.2, 0.25) is 0 Å². The van der Waals surface area contributed by atoms with Gasteiger partial charge in [-0.1, -0.05) is 18.2 Å². The number of rotatable bonds is 8. The minimum atomic E-state index is -1.08. The van der Waals surface area contributed by atoms with Crippen molar-refractivity contribution in [2.75, 3.05) is 24.9 Å². The number of hydrogen-bond acceptors (Lipinski definition) is 7. The predicted molar refractivity (Wildman–Crippen MR) is 145 cm³/mol. The molecule has 0 fully saturated rings. The molecule has 38 heavy (non-hydrogen) atoms. The standard InChI is InChI=1S/C29H27N3O6/c1-17(28(34)31-21-12-10-20(11-13-21)30-18(2)33)38-29(35)23-16-25(32-24-8-6-5-7-22(23)24)19-9-14-26(36-3)27(15-19)37-4/h5-17H,1-4H3,(H,30,33)(H,31,34)/t17-/m1/s1. The van der Waals surface area contributed by atoms with Crippen molar-refractivity contribution in [1.29, 1.82) is 0 Å². The molecule has 0 aliphatic rings. The number of hydrogen-bond donors (Lipinski definition) is 2. The van der Waals surface area contributed by atoms with Crippen molar-refractivity contribution in [1.82, 2.24) is 4.98 Å². The van der Waals surface area contributed by atoms with Crippen LogP contribution >= 0.6 is 0 Å². The van der Waals surface area contributed by atoms with Crippen LogP contribution in [0, 0.1) is 0 Å². The molecular formula is C29H27N3O6. The van der Waals surface area contributed by atoms with Crippen LogP contribution in [0.3, 0.4) is 0 Å². The number of nitrogens with zero attached hydrogens (tertiary/aromatic N) is 1. The highest BCUT2D eigenvalue weighted by Gasteiger charge is 2.22.